The first-order valence-electron chi connectivity index (χ1n) is 10.3. The summed E-state index contributed by atoms with van der Waals surface area (Å²) in [7, 11) is 0. The van der Waals surface area contributed by atoms with Gasteiger partial charge in [-0.25, -0.2) is 4.79 Å². The van der Waals surface area contributed by atoms with Gasteiger partial charge in [0.2, 0.25) is 0 Å². The molecule has 3 N–H and O–H groups in total. The molecule has 2 aliphatic rings. The van der Waals surface area contributed by atoms with Crippen LogP contribution in [0.1, 0.15) is 66.8 Å². The van der Waals surface area contributed by atoms with Crippen molar-refractivity contribution in [3.05, 3.63) is 46.8 Å². The number of rotatable bonds is 3. The fourth-order valence-corrected chi connectivity index (χ4v) is 4.30. The van der Waals surface area contributed by atoms with Gasteiger partial charge in [-0.3, -0.25) is 4.79 Å². The van der Waals surface area contributed by atoms with Crippen LogP contribution in [0.5, 0.6) is 0 Å². The van der Waals surface area contributed by atoms with Crippen molar-refractivity contribution >= 4 is 11.9 Å². The molecule has 0 atom stereocenters. The first-order chi connectivity index (χ1) is 13.7. The van der Waals surface area contributed by atoms with Gasteiger partial charge < -0.3 is 20.5 Å². The van der Waals surface area contributed by atoms with E-state index in [-0.39, 0.29) is 11.6 Å². The summed E-state index contributed by atoms with van der Waals surface area (Å²) < 4.78 is 2.26. The van der Waals surface area contributed by atoms with Crippen LogP contribution in [-0.2, 0) is 13.1 Å². The number of hydrogen-bond donors (Lipinski definition) is 2. The second kappa shape index (κ2) is 6.94. The summed E-state index contributed by atoms with van der Waals surface area (Å²) in [4.78, 5) is 27.1. The largest absolute Gasteiger partial charge is 0.366 e. The molecule has 1 aliphatic carbocycles. The maximum atomic E-state index is 12.7. The van der Waals surface area contributed by atoms with Crippen LogP contribution in [0.15, 0.2) is 24.3 Å². The highest BCUT2D eigenvalue weighted by molar-refractivity contribution is 6.02. The SMILES string of the molecule is Cc1cccc(-c2c(C(N)=O)c3n(c2C2CC2)CCN(C(=O)NC(C)(C)C)C3)c1. The maximum Gasteiger partial charge on any atom is 0.318 e. The van der Waals surface area contributed by atoms with Gasteiger partial charge in [-0.05, 0) is 52.0 Å². The lowest BCUT2D eigenvalue weighted by atomic mass is 9.96. The zero-order valence-corrected chi connectivity index (χ0v) is 17.7. The molecule has 4 rings (SSSR count). The van der Waals surface area contributed by atoms with Crippen molar-refractivity contribution in [2.45, 2.75) is 65.1 Å². The molecule has 29 heavy (non-hydrogen) atoms. The van der Waals surface area contributed by atoms with Crippen LogP contribution in [-0.4, -0.2) is 33.5 Å². The molecule has 0 bridgehead atoms. The average molecular weight is 395 g/mol. The van der Waals surface area contributed by atoms with E-state index in [4.69, 9.17) is 5.73 Å². The van der Waals surface area contributed by atoms with Crippen LogP contribution in [0.4, 0.5) is 4.79 Å². The molecule has 154 valence electrons. The highest BCUT2D eigenvalue weighted by Crippen LogP contribution is 2.48. The topological polar surface area (TPSA) is 80.4 Å². The molecule has 1 aromatic carbocycles. The van der Waals surface area contributed by atoms with Crippen LogP contribution >= 0.6 is 0 Å². The third kappa shape index (κ3) is 3.76. The van der Waals surface area contributed by atoms with E-state index in [2.05, 4.69) is 35.0 Å². The Morgan fingerprint density at radius 1 is 1.17 bits per heavy atom. The van der Waals surface area contributed by atoms with Crippen LogP contribution in [0.3, 0.4) is 0 Å². The Balaban J connectivity index is 1.82. The number of aromatic nitrogens is 1. The number of nitrogens with one attached hydrogen (secondary N) is 1. The number of carbonyl (C=O) groups excluding carboxylic acids is 2. The molecule has 0 spiro atoms. The highest BCUT2D eigenvalue weighted by atomic mass is 16.2. The number of carbonyl (C=O) groups is 2. The second-order valence-corrected chi connectivity index (χ2v) is 9.34. The van der Waals surface area contributed by atoms with Gasteiger partial charge in [0.25, 0.3) is 5.91 Å². The zero-order chi connectivity index (χ0) is 20.9. The summed E-state index contributed by atoms with van der Waals surface area (Å²) in [6, 6.07) is 8.14. The molecule has 1 aliphatic heterocycles. The molecule has 2 aromatic rings. The molecule has 6 heteroatoms. The minimum atomic E-state index is -0.421. The van der Waals surface area contributed by atoms with Gasteiger partial charge in [0.05, 0.1) is 17.8 Å². The van der Waals surface area contributed by atoms with Crippen molar-refractivity contribution in [1.82, 2.24) is 14.8 Å². The van der Waals surface area contributed by atoms with E-state index in [1.54, 1.807) is 4.90 Å². The van der Waals surface area contributed by atoms with Crippen molar-refractivity contribution in [2.75, 3.05) is 6.54 Å². The molecule has 0 saturated heterocycles. The number of nitrogens with two attached hydrogens (primary N) is 1. The number of primary amides is 1. The third-order valence-electron chi connectivity index (χ3n) is 5.63. The monoisotopic (exact) mass is 394 g/mol. The van der Waals surface area contributed by atoms with Crippen molar-refractivity contribution in [3.63, 3.8) is 0 Å². The minimum Gasteiger partial charge on any atom is -0.366 e. The quantitative estimate of drug-likeness (QED) is 0.831. The molecular weight excluding hydrogens is 364 g/mol. The zero-order valence-electron chi connectivity index (χ0n) is 17.7. The molecule has 1 aromatic heterocycles. The van der Waals surface area contributed by atoms with Gasteiger partial charge in [-0.2, -0.15) is 0 Å². The second-order valence-electron chi connectivity index (χ2n) is 9.34. The van der Waals surface area contributed by atoms with Crippen molar-refractivity contribution < 1.29 is 9.59 Å². The van der Waals surface area contributed by atoms with E-state index in [1.807, 2.05) is 26.8 Å². The Morgan fingerprint density at radius 2 is 1.90 bits per heavy atom. The molecular formula is C23H30N4O2. The first-order valence-corrected chi connectivity index (χ1v) is 10.3. The van der Waals surface area contributed by atoms with Gasteiger partial charge in [-0.15, -0.1) is 0 Å². The van der Waals surface area contributed by atoms with Gasteiger partial charge in [-0.1, -0.05) is 29.8 Å². The Hall–Kier alpha value is -2.76. The molecule has 0 radical (unpaired) electrons. The summed E-state index contributed by atoms with van der Waals surface area (Å²) in [6.45, 7) is 9.65. The third-order valence-corrected chi connectivity index (χ3v) is 5.63. The normalized spacial score (nSPS) is 16.5. The lowest BCUT2D eigenvalue weighted by molar-refractivity contribution is 0.0997. The molecule has 1 saturated carbocycles. The minimum absolute atomic E-state index is 0.106. The Labute approximate surface area is 172 Å². The average Bonchev–Trinajstić information content (AvgIpc) is 3.40. The summed E-state index contributed by atoms with van der Waals surface area (Å²) in [5.41, 5.74) is 11.4. The molecule has 2 heterocycles. The van der Waals surface area contributed by atoms with Crippen LogP contribution in [0, 0.1) is 6.92 Å². The summed E-state index contributed by atoms with van der Waals surface area (Å²) in [5.74, 6) is 0.0440. The Kier molecular flexibility index (Phi) is 4.68. The molecule has 1 fully saturated rings. The van der Waals surface area contributed by atoms with Crippen LogP contribution in [0.2, 0.25) is 0 Å². The van der Waals surface area contributed by atoms with Crippen LogP contribution in [0.25, 0.3) is 11.1 Å². The van der Waals surface area contributed by atoms with Crippen molar-refractivity contribution in [3.8, 4) is 11.1 Å². The van der Waals surface area contributed by atoms with E-state index in [9.17, 15) is 9.59 Å². The fourth-order valence-electron chi connectivity index (χ4n) is 4.30. The standard InChI is InChI=1S/C23H30N4O2/c1-14-6-5-7-16(12-14)18-19(21(24)28)17-13-26(22(29)25-23(2,3)4)10-11-27(17)20(18)15-8-9-15/h5-7,12,15H,8-11,13H2,1-4H3,(H2,24,28)(H,25,29). The number of benzene rings is 1. The lowest BCUT2D eigenvalue weighted by Gasteiger charge is -2.33. The molecule has 6 nitrogen and oxygen atoms in total. The van der Waals surface area contributed by atoms with E-state index >= 15 is 0 Å². The summed E-state index contributed by atoms with van der Waals surface area (Å²) >= 11 is 0. The molecule has 0 unspecified atom stereocenters. The highest BCUT2D eigenvalue weighted by Gasteiger charge is 2.38. The Morgan fingerprint density at radius 3 is 2.48 bits per heavy atom. The van der Waals surface area contributed by atoms with Crippen LogP contribution < -0.4 is 11.1 Å². The van der Waals surface area contributed by atoms with Gasteiger partial charge in [0.15, 0.2) is 0 Å². The maximum absolute atomic E-state index is 12.7. The van der Waals surface area contributed by atoms with Gasteiger partial charge >= 0.3 is 6.03 Å². The van der Waals surface area contributed by atoms with Gasteiger partial charge in [0.1, 0.15) is 0 Å². The number of hydrogen-bond acceptors (Lipinski definition) is 2. The van der Waals surface area contributed by atoms with Crippen molar-refractivity contribution in [2.24, 2.45) is 5.73 Å². The predicted octanol–water partition coefficient (Wildman–Crippen LogP) is 3.76. The number of amides is 3. The van der Waals surface area contributed by atoms with E-state index in [0.29, 0.717) is 31.1 Å². The smallest absolute Gasteiger partial charge is 0.318 e. The van der Waals surface area contributed by atoms with Crippen molar-refractivity contribution in [1.29, 1.82) is 0 Å². The van der Waals surface area contributed by atoms with E-state index in [0.717, 1.165) is 35.2 Å². The summed E-state index contributed by atoms with van der Waals surface area (Å²) in [6.07, 6.45) is 2.27. The predicted molar refractivity (Wildman–Crippen MR) is 114 cm³/mol. The Bertz CT molecular complexity index is 979. The first kappa shape index (κ1) is 19.6. The van der Waals surface area contributed by atoms with E-state index in [1.165, 1.54) is 5.69 Å². The lowest BCUT2D eigenvalue weighted by Crippen LogP contribution is -2.50. The summed E-state index contributed by atoms with van der Waals surface area (Å²) in [5, 5.41) is 3.03. The number of aryl methyl sites for hydroxylation is 1. The number of urea groups is 1. The van der Waals surface area contributed by atoms with E-state index < -0.39 is 5.91 Å². The fraction of sp³-hybridized carbons (Fsp3) is 0.478. The number of nitrogens with zero attached hydrogens (tertiary/aromatic N) is 2. The molecule has 3 amide bonds. The van der Waals surface area contributed by atoms with Gasteiger partial charge in [0, 0.05) is 29.9 Å². The number of fused-ring (bicyclic) bond motifs is 1.